The molecular weight excluding hydrogens is 364 g/mol. The predicted octanol–water partition coefficient (Wildman–Crippen LogP) is 2.91. The number of thiazole rings is 1. The zero-order chi connectivity index (χ0) is 14.5. The summed E-state index contributed by atoms with van der Waals surface area (Å²) in [6.07, 6.45) is 1.10. The lowest BCUT2D eigenvalue weighted by Crippen LogP contribution is -2.22. The van der Waals surface area contributed by atoms with Crippen LogP contribution in [0.15, 0.2) is 21.3 Å². The summed E-state index contributed by atoms with van der Waals surface area (Å²) in [5.74, 6) is -1.12. The molecule has 0 aliphatic heterocycles. The molecule has 2 aromatic heterocycles. The fourth-order valence-corrected chi connectivity index (χ4v) is 3.64. The topological polar surface area (TPSA) is 79.3 Å². The van der Waals surface area contributed by atoms with Crippen LogP contribution in [0, 0.1) is 0 Å². The average Bonchev–Trinajstić information content (AvgIpc) is 3.03. The van der Waals surface area contributed by atoms with Crippen molar-refractivity contribution < 1.29 is 14.7 Å². The Morgan fingerprint density at radius 1 is 1.35 bits per heavy atom. The van der Waals surface area contributed by atoms with Gasteiger partial charge >= 0.3 is 5.97 Å². The number of nitrogens with zero attached hydrogens (tertiary/aromatic N) is 1. The van der Waals surface area contributed by atoms with Crippen molar-refractivity contribution in [3.05, 3.63) is 36.9 Å². The number of aromatic carboxylic acids is 1. The number of aryl methyl sites for hydroxylation is 1. The lowest BCUT2D eigenvalue weighted by molar-refractivity contribution is -0.121. The van der Waals surface area contributed by atoms with E-state index < -0.39 is 5.97 Å². The van der Waals surface area contributed by atoms with Gasteiger partial charge in [-0.1, -0.05) is 0 Å². The average molecular weight is 375 g/mol. The van der Waals surface area contributed by atoms with Crippen molar-refractivity contribution in [1.82, 2.24) is 10.3 Å². The fourth-order valence-electron chi connectivity index (χ4n) is 1.47. The first-order chi connectivity index (χ1) is 9.54. The molecule has 5 nitrogen and oxygen atoms in total. The van der Waals surface area contributed by atoms with Crippen LogP contribution in [-0.2, 0) is 17.8 Å². The van der Waals surface area contributed by atoms with Crippen LogP contribution in [0.2, 0.25) is 0 Å². The number of nitrogens with one attached hydrogen (secondary N) is 1. The fraction of sp³-hybridized carbons (Fsp3) is 0.250. The van der Waals surface area contributed by atoms with Crippen LogP contribution in [0.3, 0.4) is 0 Å². The van der Waals surface area contributed by atoms with Crippen LogP contribution < -0.4 is 5.32 Å². The first-order valence-electron chi connectivity index (χ1n) is 5.72. The van der Waals surface area contributed by atoms with E-state index in [9.17, 15) is 9.59 Å². The van der Waals surface area contributed by atoms with E-state index in [-0.39, 0.29) is 18.1 Å². The van der Waals surface area contributed by atoms with Crippen LogP contribution in [-0.4, -0.2) is 22.0 Å². The highest BCUT2D eigenvalue weighted by Crippen LogP contribution is 2.20. The maximum absolute atomic E-state index is 11.7. The summed E-state index contributed by atoms with van der Waals surface area (Å²) in [5.41, 5.74) is 0.0164. The van der Waals surface area contributed by atoms with Crippen LogP contribution in [0.4, 0.5) is 0 Å². The molecule has 2 aromatic rings. The summed E-state index contributed by atoms with van der Waals surface area (Å²) in [4.78, 5) is 27.4. The Morgan fingerprint density at radius 2 is 2.15 bits per heavy atom. The van der Waals surface area contributed by atoms with Gasteiger partial charge in [-0.05, 0) is 28.4 Å². The Balaban J connectivity index is 1.75. The first kappa shape index (κ1) is 15.1. The number of amides is 1. The molecule has 2 N–H and O–H groups in total. The molecule has 0 aromatic carbocycles. The molecular formula is C12H11BrN2O3S2. The van der Waals surface area contributed by atoms with Gasteiger partial charge < -0.3 is 10.4 Å². The van der Waals surface area contributed by atoms with Gasteiger partial charge in [0.25, 0.3) is 0 Å². The van der Waals surface area contributed by atoms with Crippen LogP contribution in [0.5, 0.6) is 0 Å². The number of hydrogen-bond donors (Lipinski definition) is 2. The second-order valence-electron chi connectivity index (χ2n) is 3.94. The quantitative estimate of drug-likeness (QED) is 0.814. The molecule has 0 aliphatic carbocycles. The second-order valence-corrected chi connectivity index (χ2v) is 6.79. The second kappa shape index (κ2) is 6.96. The lowest BCUT2D eigenvalue weighted by Gasteiger charge is -2.01. The molecule has 0 bridgehead atoms. The third-order valence-electron chi connectivity index (χ3n) is 2.43. The molecule has 0 aliphatic rings. The third kappa shape index (κ3) is 4.39. The molecule has 20 heavy (non-hydrogen) atoms. The highest BCUT2D eigenvalue weighted by atomic mass is 79.9. The number of carboxylic acid groups (broad SMARTS) is 1. The summed E-state index contributed by atoms with van der Waals surface area (Å²) in [7, 11) is 0. The van der Waals surface area contributed by atoms with Gasteiger partial charge in [-0.2, -0.15) is 0 Å². The van der Waals surface area contributed by atoms with E-state index in [0.717, 1.165) is 9.35 Å². The molecule has 1 amide bonds. The Bertz CT molecular complexity index is 624. The Hall–Kier alpha value is -1.25. The van der Waals surface area contributed by atoms with E-state index >= 15 is 0 Å². The largest absolute Gasteiger partial charge is 0.476 e. The predicted molar refractivity (Wildman–Crippen MR) is 81.3 cm³/mol. The number of rotatable bonds is 6. The minimum Gasteiger partial charge on any atom is -0.476 e. The summed E-state index contributed by atoms with van der Waals surface area (Å²) in [6.45, 7) is 0.269. The van der Waals surface area contributed by atoms with E-state index in [4.69, 9.17) is 5.11 Å². The lowest BCUT2D eigenvalue weighted by atomic mass is 10.2. The minimum absolute atomic E-state index is 0.0164. The summed E-state index contributed by atoms with van der Waals surface area (Å²) < 4.78 is 1.03. The minimum atomic E-state index is -1.05. The van der Waals surface area contributed by atoms with Crippen molar-refractivity contribution in [3.8, 4) is 0 Å². The van der Waals surface area contributed by atoms with E-state index in [2.05, 4.69) is 26.2 Å². The third-order valence-corrected chi connectivity index (χ3v) is 5.03. The van der Waals surface area contributed by atoms with Gasteiger partial charge in [0.05, 0.1) is 6.54 Å². The van der Waals surface area contributed by atoms with Crippen molar-refractivity contribution >= 4 is 50.5 Å². The Morgan fingerprint density at radius 3 is 2.75 bits per heavy atom. The highest BCUT2D eigenvalue weighted by Gasteiger charge is 2.09. The zero-order valence-electron chi connectivity index (χ0n) is 10.3. The van der Waals surface area contributed by atoms with Crippen molar-refractivity contribution in [1.29, 1.82) is 0 Å². The van der Waals surface area contributed by atoms with E-state index in [1.807, 2.05) is 11.4 Å². The summed E-state index contributed by atoms with van der Waals surface area (Å²) in [6, 6.07) is 2.00. The molecule has 0 unspecified atom stereocenters. The van der Waals surface area contributed by atoms with E-state index in [1.54, 1.807) is 11.3 Å². The van der Waals surface area contributed by atoms with Crippen molar-refractivity contribution in [2.45, 2.75) is 19.4 Å². The number of carbonyl (C=O) groups excluding carboxylic acids is 1. The molecule has 2 heterocycles. The smallest absolute Gasteiger partial charge is 0.355 e. The normalized spacial score (nSPS) is 10.4. The molecule has 106 valence electrons. The van der Waals surface area contributed by atoms with Gasteiger partial charge in [0.1, 0.15) is 5.01 Å². The Labute approximate surface area is 131 Å². The van der Waals surface area contributed by atoms with Crippen LogP contribution in [0.25, 0.3) is 0 Å². The SMILES string of the molecule is O=C(CCc1cc(Br)cs1)NCc1nc(C(=O)O)cs1. The number of aromatic nitrogens is 1. The number of thiophene rings is 1. The van der Waals surface area contributed by atoms with Crippen LogP contribution >= 0.6 is 38.6 Å². The summed E-state index contributed by atoms with van der Waals surface area (Å²) in [5, 5.41) is 15.5. The molecule has 0 saturated carbocycles. The van der Waals surface area contributed by atoms with Crippen molar-refractivity contribution in [2.24, 2.45) is 0 Å². The van der Waals surface area contributed by atoms with Gasteiger partial charge in [-0.25, -0.2) is 9.78 Å². The maximum atomic E-state index is 11.7. The molecule has 2 rings (SSSR count). The summed E-state index contributed by atoms with van der Waals surface area (Å²) >= 11 is 6.21. The van der Waals surface area contributed by atoms with Gasteiger partial charge in [0.2, 0.25) is 5.91 Å². The van der Waals surface area contributed by atoms with Gasteiger partial charge in [0, 0.05) is 26.5 Å². The molecule has 8 heteroatoms. The number of hydrogen-bond acceptors (Lipinski definition) is 5. The first-order valence-corrected chi connectivity index (χ1v) is 8.27. The monoisotopic (exact) mass is 374 g/mol. The number of halogens is 1. The molecule has 0 spiro atoms. The van der Waals surface area contributed by atoms with Gasteiger partial charge in [-0.15, -0.1) is 22.7 Å². The maximum Gasteiger partial charge on any atom is 0.355 e. The van der Waals surface area contributed by atoms with Crippen molar-refractivity contribution in [3.63, 3.8) is 0 Å². The van der Waals surface area contributed by atoms with Crippen LogP contribution in [0.1, 0.15) is 26.8 Å². The zero-order valence-corrected chi connectivity index (χ0v) is 13.5. The van der Waals surface area contributed by atoms with Gasteiger partial charge in [0.15, 0.2) is 5.69 Å². The molecule has 0 fully saturated rings. The Kier molecular flexibility index (Phi) is 5.27. The highest BCUT2D eigenvalue weighted by molar-refractivity contribution is 9.10. The van der Waals surface area contributed by atoms with E-state index in [1.165, 1.54) is 16.7 Å². The van der Waals surface area contributed by atoms with Gasteiger partial charge in [-0.3, -0.25) is 4.79 Å². The molecule has 0 saturated heterocycles. The molecule has 0 radical (unpaired) electrons. The molecule has 0 atom stereocenters. The van der Waals surface area contributed by atoms with Crippen molar-refractivity contribution in [2.75, 3.05) is 0 Å². The number of carboxylic acids is 1. The standard InChI is InChI=1S/C12H11BrN2O3S2/c13-7-3-8(19-5-7)1-2-10(16)14-4-11-15-9(6-20-11)12(17)18/h3,5-6H,1-2,4H2,(H,14,16)(H,17,18). The number of carbonyl (C=O) groups is 2. The van der Waals surface area contributed by atoms with E-state index in [0.29, 0.717) is 17.8 Å².